The Hall–Kier alpha value is -2.22. The fourth-order valence-electron chi connectivity index (χ4n) is 3.43. The summed E-state index contributed by atoms with van der Waals surface area (Å²) in [6.07, 6.45) is 0. The SMILES string of the molecule is CCN(CC)CCN(CCN(CC(=O)[O-])CC(=O)[O-])Cc1ccc2cccc([O-])c2n1.[Cr+3]. The smallest absolute Gasteiger partial charge is 0.871 e. The monoisotopic (exact) mass is 481 g/mol. The van der Waals surface area contributed by atoms with Crippen molar-refractivity contribution in [1.82, 2.24) is 19.7 Å². The standard InChI is InChI=1S/C22H32N4O5.Cr/c1-3-24(4-2)10-11-25(12-13-26(15-20(28)29)16-21(30)31)14-18-9-8-17-6-5-7-19(27)22(17)23-18;/h5-9,27H,3-4,10-16H2,1-2H3,(H,28,29)(H,30,31);/q;+3/p-3. The average molecular weight is 481 g/mol. The quantitative estimate of drug-likeness (QED) is 0.309. The zero-order valence-electron chi connectivity index (χ0n) is 18.5. The van der Waals surface area contributed by atoms with Crippen LogP contribution >= 0.6 is 0 Å². The van der Waals surface area contributed by atoms with E-state index in [2.05, 4.69) is 28.6 Å². The molecule has 0 amide bonds. The van der Waals surface area contributed by atoms with Crippen molar-refractivity contribution in [2.24, 2.45) is 0 Å². The molecule has 0 fully saturated rings. The van der Waals surface area contributed by atoms with Gasteiger partial charge in [0.25, 0.3) is 0 Å². The second kappa shape index (κ2) is 14.0. The van der Waals surface area contributed by atoms with Crippen LogP contribution in [0.3, 0.4) is 0 Å². The number of carbonyl (C=O) groups is 2. The van der Waals surface area contributed by atoms with E-state index in [1.807, 2.05) is 18.2 Å². The molecule has 1 aromatic carbocycles. The molecule has 9 nitrogen and oxygen atoms in total. The number of nitrogens with zero attached hydrogens (tertiary/aromatic N) is 4. The molecule has 0 N–H and O–H groups in total. The third-order valence-corrected chi connectivity index (χ3v) is 5.19. The van der Waals surface area contributed by atoms with E-state index in [9.17, 15) is 24.9 Å². The number of aliphatic carboxylic acids is 2. The van der Waals surface area contributed by atoms with Gasteiger partial charge in [-0.2, -0.15) is 0 Å². The summed E-state index contributed by atoms with van der Waals surface area (Å²) < 4.78 is 0. The van der Waals surface area contributed by atoms with E-state index in [1.165, 1.54) is 11.0 Å². The second-order valence-corrected chi connectivity index (χ2v) is 7.39. The first-order valence-electron chi connectivity index (χ1n) is 10.4. The first-order chi connectivity index (χ1) is 14.8. The zero-order valence-corrected chi connectivity index (χ0v) is 19.8. The van der Waals surface area contributed by atoms with Crippen LogP contribution in [0.2, 0.25) is 0 Å². The Bertz CT molecular complexity index is 863. The van der Waals surface area contributed by atoms with E-state index in [0.717, 1.165) is 30.7 Å². The van der Waals surface area contributed by atoms with Gasteiger partial charge in [0, 0.05) is 45.8 Å². The molecule has 0 atom stereocenters. The van der Waals surface area contributed by atoms with Crippen LogP contribution in [0.25, 0.3) is 10.9 Å². The summed E-state index contributed by atoms with van der Waals surface area (Å²) in [4.78, 5) is 32.0. The van der Waals surface area contributed by atoms with E-state index in [1.54, 1.807) is 6.07 Å². The second-order valence-electron chi connectivity index (χ2n) is 7.39. The largest absolute Gasteiger partial charge is 3.00 e. The molecule has 0 unspecified atom stereocenters. The van der Waals surface area contributed by atoms with Crippen LogP contribution in [0.15, 0.2) is 30.3 Å². The molecule has 2 aromatic rings. The molecule has 0 aliphatic heterocycles. The summed E-state index contributed by atoms with van der Waals surface area (Å²) in [6, 6.07) is 8.75. The van der Waals surface area contributed by atoms with Crippen LogP contribution < -0.4 is 15.3 Å². The van der Waals surface area contributed by atoms with Crippen LogP contribution in [0.4, 0.5) is 0 Å². The van der Waals surface area contributed by atoms with Crippen molar-refractivity contribution in [1.29, 1.82) is 0 Å². The molecular weight excluding hydrogens is 452 g/mol. The van der Waals surface area contributed by atoms with Gasteiger partial charge in [0.05, 0.1) is 23.1 Å². The number of rotatable bonds is 14. The van der Waals surface area contributed by atoms with Crippen molar-refractivity contribution in [3.8, 4) is 5.75 Å². The predicted molar refractivity (Wildman–Crippen MR) is 111 cm³/mol. The van der Waals surface area contributed by atoms with Gasteiger partial charge < -0.3 is 29.8 Å². The number of hydrogen-bond acceptors (Lipinski definition) is 9. The maximum atomic E-state index is 12.1. The van der Waals surface area contributed by atoms with Crippen molar-refractivity contribution in [2.45, 2.75) is 20.4 Å². The summed E-state index contributed by atoms with van der Waals surface area (Å²) in [7, 11) is 0. The molecule has 0 saturated heterocycles. The van der Waals surface area contributed by atoms with E-state index in [4.69, 9.17) is 0 Å². The van der Waals surface area contributed by atoms with E-state index >= 15 is 0 Å². The minimum absolute atomic E-state index is 0. The first kappa shape index (κ1) is 27.8. The third kappa shape index (κ3) is 9.11. The Morgan fingerprint density at radius 1 is 0.844 bits per heavy atom. The summed E-state index contributed by atoms with van der Waals surface area (Å²) in [6.45, 7) is 7.60. The van der Waals surface area contributed by atoms with Gasteiger partial charge in [-0.3, -0.25) is 14.8 Å². The number of carboxylic acid groups (broad SMARTS) is 2. The van der Waals surface area contributed by atoms with Gasteiger partial charge in [-0.05, 0) is 24.5 Å². The van der Waals surface area contributed by atoms with E-state index in [0.29, 0.717) is 25.2 Å². The molecule has 0 bridgehead atoms. The minimum atomic E-state index is -1.34. The fourth-order valence-corrected chi connectivity index (χ4v) is 3.43. The molecule has 2 rings (SSSR count). The number of hydrogen-bond donors (Lipinski definition) is 0. The fraction of sp³-hybridized carbons (Fsp3) is 0.500. The molecule has 0 spiro atoms. The average Bonchev–Trinajstić information content (AvgIpc) is 2.72. The van der Waals surface area contributed by atoms with Crippen LogP contribution in [-0.2, 0) is 33.5 Å². The van der Waals surface area contributed by atoms with Gasteiger partial charge in [-0.15, -0.1) is 0 Å². The van der Waals surface area contributed by atoms with Crippen LogP contribution in [0, 0.1) is 0 Å². The molecule has 1 radical (unpaired) electrons. The van der Waals surface area contributed by atoms with Gasteiger partial charge in [0.2, 0.25) is 0 Å². The molecule has 0 aliphatic carbocycles. The Balaban J connectivity index is 0.00000512. The Labute approximate surface area is 199 Å². The van der Waals surface area contributed by atoms with Gasteiger partial charge in [0.15, 0.2) is 0 Å². The van der Waals surface area contributed by atoms with Crippen molar-refractivity contribution < 1.29 is 42.3 Å². The summed E-state index contributed by atoms with van der Waals surface area (Å²) in [5, 5.41) is 34.8. The van der Waals surface area contributed by atoms with Crippen molar-refractivity contribution in [2.75, 3.05) is 52.4 Å². The van der Waals surface area contributed by atoms with Crippen LogP contribution in [0.1, 0.15) is 19.5 Å². The molecule has 10 heteroatoms. The number of pyridine rings is 1. The van der Waals surface area contributed by atoms with Gasteiger partial charge >= 0.3 is 17.4 Å². The van der Waals surface area contributed by atoms with E-state index in [-0.39, 0.29) is 29.7 Å². The molecule has 1 aromatic heterocycles. The van der Waals surface area contributed by atoms with Crippen molar-refractivity contribution >= 4 is 22.8 Å². The maximum Gasteiger partial charge on any atom is 3.00 e. The van der Waals surface area contributed by atoms with Gasteiger partial charge in [0.1, 0.15) is 0 Å². The zero-order chi connectivity index (χ0) is 22.8. The molecule has 0 saturated carbocycles. The Morgan fingerprint density at radius 3 is 1.97 bits per heavy atom. The normalized spacial score (nSPS) is 11.3. The van der Waals surface area contributed by atoms with Crippen LogP contribution in [0.5, 0.6) is 5.75 Å². The number of likely N-dealkylation sites (N-methyl/N-ethyl adjacent to an activating group) is 1. The molecule has 1 heterocycles. The Morgan fingerprint density at radius 2 is 1.41 bits per heavy atom. The van der Waals surface area contributed by atoms with Gasteiger partial charge in [-0.25, -0.2) is 0 Å². The third-order valence-electron chi connectivity index (χ3n) is 5.19. The number of fused-ring (bicyclic) bond motifs is 1. The van der Waals surface area contributed by atoms with Crippen LogP contribution in [-0.4, -0.2) is 84.0 Å². The number of para-hydroxylation sites is 1. The minimum Gasteiger partial charge on any atom is -0.871 e. The van der Waals surface area contributed by atoms with E-state index < -0.39 is 25.0 Å². The first-order valence-corrected chi connectivity index (χ1v) is 10.4. The number of aromatic nitrogens is 1. The molecular formula is C22H29CrN4O5. The maximum absolute atomic E-state index is 12.1. The van der Waals surface area contributed by atoms with Crippen molar-refractivity contribution in [3.63, 3.8) is 0 Å². The predicted octanol–water partition coefficient (Wildman–Crippen LogP) is -1.75. The summed E-state index contributed by atoms with van der Waals surface area (Å²) >= 11 is 0. The molecule has 32 heavy (non-hydrogen) atoms. The Kier molecular flexibility index (Phi) is 12.2. The number of carbonyl (C=O) groups excluding carboxylic acids is 2. The topological polar surface area (TPSA) is 126 Å². The number of benzene rings is 1. The molecule has 173 valence electrons. The number of carboxylic acids is 2. The summed E-state index contributed by atoms with van der Waals surface area (Å²) in [5.74, 6) is -2.81. The molecule has 0 aliphatic rings. The van der Waals surface area contributed by atoms with Gasteiger partial charge in [-0.1, -0.05) is 43.9 Å². The summed E-state index contributed by atoms with van der Waals surface area (Å²) in [5.41, 5.74) is 1.14. The van der Waals surface area contributed by atoms with Crippen molar-refractivity contribution in [3.05, 3.63) is 36.0 Å².